The van der Waals surface area contributed by atoms with Crippen LogP contribution in [-0.2, 0) is 10.2 Å². The zero-order chi connectivity index (χ0) is 16.1. The van der Waals surface area contributed by atoms with Gasteiger partial charge in [0.1, 0.15) is 5.00 Å². The highest BCUT2D eigenvalue weighted by atomic mass is 32.1. The van der Waals surface area contributed by atoms with Crippen LogP contribution in [0.4, 0.5) is 14.6 Å². The third-order valence-corrected chi connectivity index (χ3v) is 4.63. The lowest BCUT2D eigenvalue weighted by atomic mass is 9.92. The standard InChI is InChI=1S/C14H20N4O3S/c1-13(2,3)9-10(22-8-15-9)16-11(19)18-6-14(7-18)5-17(4)12(20)21-14/h8H,5-7H2,1-4H3,(H,16,19). The second kappa shape index (κ2) is 4.84. The van der Waals surface area contributed by atoms with Crippen LogP contribution in [0.5, 0.6) is 0 Å². The number of likely N-dealkylation sites (tertiary alicyclic amines) is 1. The van der Waals surface area contributed by atoms with Gasteiger partial charge in [0.2, 0.25) is 0 Å². The van der Waals surface area contributed by atoms with Gasteiger partial charge in [-0.3, -0.25) is 5.32 Å². The Hall–Kier alpha value is -1.83. The fourth-order valence-corrected chi connectivity index (χ4v) is 3.68. The molecular formula is C14H20N4O3S. The van der Waals surface area contributed by atoms with E-state index in [4.69, 9.17) is 4.74 Å². The second-order valence-corrected chi connectivity index (χ2v) is 7.83. The Labute approximate surface area is 133 Å². The van der Waals surface area contributed by atoms with Crippen molar-refractivity contribution in [3.8, 4) is 0 Å². The van der Waals surface area contributed by atoms with E-state index in [9.17, 15) is 9.59 Å². The Morgan fingerprint density at radius 2 is 2.09 bits per heavy atom. The van der Waals surface area contributed by atoms with Crippen molar-refractivity contribution < 1.29 is 14.3 Å². The van der Waals surface area contributed by atoms with Gasteiger partial charge < -0.3 is 14.5 Å². The maximum absolute atomic E-state index is 12.3. The zero-order valence-corrected chi connectivity index (χ0v) is 14.0. The lowest BCUT2D eigenvalue weighted by molar-refractivity contribution is -0.0488. The van der Waals surface area contributed by atoms with E-state index in [2.05, 4.69) is 31.1 Å². The highest BCUT2D eigenvalue weighted by Gasteiger charge is 2.54. The van der Waals surface area contributed by atoms with Crippen molar-refractivity contribution in [1.82, 2.24) is 14.8 Å². The third-order valence-electron chi connectivity index (χ3n) is 3.88. The lowest BCUT2D eigenvalue weighted by Crippen LogP contribution is -2.66. The van der Waals surface area contributed by atoms with Gasteiger partial charge in [-0.05, 0) is 0 Å². The summed E-state index contributed by atoms with van der Waals surface area (Å²) in [6.07, 6.45) is -0.322. The molecule has 22 heavy (non-hydrogen) atoms. The lowest BCUT2D eigenvalue weighted by Gasteiger charge is -2.45. The predicted octanol–water partition coefficient (Wildman–Crippen LogP) is 2.11. The molecule has 0 aromatic carbocycles. The zero-order valence-electron chi connectivity index (χ0n) is 13.2. The largest absolute Gasteiger partial charge is 0.437 e. The molecule has 7 nitrogen and oxygen atoms in total. The first kappa shape index (κ1) is 15.1. The number of rotatable bonds is 1. The molecule has 3 rings (SSSR count). The normalized spacial score (nSPS) is 20.1. The molecule has 1 N–H and O–H groups in total. The predicted molar refractivity (Wildman–Crippen MR) is 83.2 cm³/mol. The van der Waals surface area contributed by atoms with Crippen molar-refractivity contribution in [3.63, 3.8) is 0 Å². The smallest absolute Gasteiger partial charge is 0.410 e. The van der Waals surface area contributed by atoms with Gasteiger partial charge in [-0.25, -0.2) is 14.6 Å². The van der Waals surface area contributed by atoms with E-state index in [1.165, 1.54) is 16.2 Å². The fraction of sp³-hybridized carbons (Fsp3) is 0.643. The summed E-state index contributed by atoms with van der Waals surface area (Å²) in [5.74, 6) is 0. The van der Waals surface area contributed by atoms with Gasteiger partial charge in [-0.15, -0.1) is 11.3 Å². The van der Waals surface area contributed by atoms with Gasteiger partial charge in [0.15, 0.2) is 5.60 Å². The summed E-state index contributed by atoms with van der Waals surface area (Å²) in [5.41, 5.74) is 1.97. The Kier molecular flexibility index (Phi) is 3.32. The highest BCUT2D eigenvalue weighted by molar-refractivity contribution is 7.14. The molecule has 0 radical (unpaired) electrons. The van der Waals surface area contributed by atoms with Gasteiger partial charge in [-0.2, -0.15) is 0 Å². The molecule has 2 aliphatic rings. The van der Waals surface area contributed by atoms with Gasteiger partial charge in [0, 0.05) is 12.5 Å². The number of aromatic nitrogens is 1. The molecule has 3 amide bonds. The van der Waals surface area contributed by atoms with E-state index in [1.807, 2.05) is 0 Å². The molecule has 2 aliphatic heterocycles. The van der Waals surface area contributed by atoms with Crippen LogP contribution in [0.2, 0.25) is 0 Å². The molecule has 1 aromatic heterocycles. The summed E-state index contributed by atoms with van der Waals surface area (Å²) in [6, 6.07) is -0.175. The minimum atomic E-state index is -0.524. The summed E-state index contributed by atoms with van der Waals surface area (Å²) >= 11 is 1.42. The number of urea groups is 1. The average Bonchev–Trinajstić information content (AvgIpc) is 2.92. The van der Waals surface area contributed by atoms with Crippen molar-refractivity contribution in [3.05, 3.63) is 11.2 Å². The van der Waals surface area contributed by atoms with E-state index in [-0.39, 0.29) is 17.5 Å². The maximum atomic E-state index is 12.3. The maximum Gasteiger partial charge on any atom is 0.410 e. The molecule has 0 atom stereocenters. The fourth-order valence-electron chi connectivity index (χ4n) is 2.79. The van der Waals surface area contributed by atoms with E-state index in [0.717, 1.165) is 10.7 Å². The van der Waals surface area contributed by atoms with Gasteiger partial charge in [-0.1, -0.05) is 20.8 Å². The second-order valence-electron chi connectivity index (χ2n) is 6.97. The summed E-state index contributed by atoms with van der Waals surface area (Å²) in [4.78, 5) is 31.3. The van der Waals surface area contributed by atoms with E-state index in [1.54, 1.807) is 17.5 Å². The Morgan fingerprint density at radius 1 is 1.41 bits per heavy atom. The molecule has 0 aliphatic carbocycles. The number of likely N-dealkylation sites (N-methyl/N-ethyl adjacent to an activating group) is 1. The van der Waals surface area contributed by atoms with Crippen molar-refractivity contribution in [2.75, 3.05) is 32.0 Å². The van der Waals surface area contributed by atoms with Crippen molar-refractivity contribution in [1.29, 1.82) is 0 Å². The first-order valence-electron chi connectivity index (χ1n) is 7.14. The van der Waals surface area contributed by atoms with Crippen molar-refractivity contribution in [2.45, 2.75) is 31.8 Å². The molecule has 0 bridgehead atoms. The molecule has 1 spiro atoms. The number of carbonyl (C=O) groups is 2. The van der Waals surface area contributed by atoms with Crippen LogP contribution in [0.25, 0.3) is 0 Å². The number of amides is 3. The molecule has 8 heteroatoms. The summed E-state index contributed by atoms with van der Waals surface area (Å²) in [6.45, 7) is 7.57. The van der Waals surface area contributed by atoms with Crippen LogP contribution < -0.4 is 5.32 Å². The molecule has 2 saturated heterocycles. The highest BCUT2D eigenvalue weighted by Crippen LogP contribution is 2.34. The van der Waals surface area contributed by atoms with Crippen LogP contribution in [0, 0.1) is 0 Å². The van der Waals surface area contributed by atoms with Gasteiger partial charge in [0.25, 0.3) is 0 Å². The van der Waals surface area contributed by atoms with Gasteiger partial charge >= 0.3 is 12.1 Å². The topological polar surface area (TPSA) is 74.8 Å². The van der Waals surface area contributed by atoms with Gasteiger partial charge in [0.05, 0.1) is 30.8 Å². The van der Waals surface area contributed by atoms with E-state index >= 15 is 0 Å². The van der Waals surface area contributed by atoms with Crippen molar-refractivity contribution in [2.24, 2.45) is 0 Å². The number of nitrogens with one attached hydrogen (secondary N) is 1. The molecule has 3 heterocycles. The Balaban J connectivity index is 1.61. The molecular weight excluding hydrogens is 304 g/mol. The van der Waals surface area contributed by atoms with Crippen LogP contribution in [-0.4, -0.2) is 59.2 Å². The molecule has 0 saturated carbocycles. The average molecular weight is 324 g/mol. The van der Waals surface area contributed by atoms with Crippen LogP contribution in [0.15, 0.2) is 5.51 Å². The monoisotopic (exact) mass is 324 g/mol. The van der Waals surface area contributed by atoms with Crippen LogP contribution in [0.3, 0.4) is 0 Å². The number of anilines is 1. The number of thiazole rings is 1. The van der Waals surface area contributed by atoms with Crippen LogP contribution in [0.1, 0.15) is 26.5 Å². The SMILES string of the molecule is CN1CC2(CN(C(=O)Nc3scnc3C(C)(C)C)C2)OC1=O. The quantitative estimate of drug-likeness (QED) is 0.858. The molecule has 1 aromatic rings. The van der Waals surface area contributed by atoms with E-state index < -0.39 is 5.60 Å². The molecule has 0 unspecified atom stereocenters. The molecule has 2 fully saturated rings. The number of nitrogens with zero attached hydrogens (tertiary/aromatic N) is 3. The molecule has 120 valence electrons. The Bertz CT molecular complexity index is 616. The van der Waals surface area contributed by atoms with Crippen LogP contribution >= 0.6 is 11.3 Å². The number of hydrogen-bond donors (Lipinski definition) is 1. The van der Waals surface area contributed by atoms with Crippen molar-refractivity contribution >= 4 is 28.5 Å². The minimum absolute atomic E-state index is 0.123. The number of ether oxygens (including phenoxy) is 1. The minimum Gasteiger partial charge on any atom is -0.437 e. The summed E-state index contributed by atoms with van der Waals surface area (Å²) < 4.78 is 5.35. The number of hydrogen-bond acceptors (Lipinski definition) is 5. The Morgan fingerprint density at radius 3 is 2.64 bits per heavy atom. The third kappa shape index (κ3) is 2.51. The van der Waals surface area contributed by atoms with E-state index in [0.29, 0.717) is 19.6 Å². The number of carbonyl (C=O) groups excluding carboxylic acids is 2. The first-order valence-corrected chi connectivity index (χ1v) is 8.02. The first-order chi connectivity index (χ1) is 10.2. The summed E-state index contributed by atoms with van der Waals surface area (Å²) in [5, 5.41) is 3.69. The summed E-state index contributed by atoms with van der Waals surface area (Å²) in [7, 11) is 1.70.